The smallest absolute Gasteiger partial charge is 0.272 e. The van der Waals surface area contributed by atoms with E-state index in [1.807, 2.05) is 37.3 Å². The summed E-state index contributed by atoms with van der Waals surface area (Å²) in [6.07, 6.45) is 0. The number of amides is 1. The predicted molar refractivity (Wildman–Crippen MR) is 98.1 cm³/mol. The summed E-state index contributed by atoms with van der Waals surface area (Å²) in [5.41, 5.74) is 2.62. The van der Waals surface area contributed by atoms with E-state index in [0.29, 0.717) is 16.3 Å². The van der Waals surface area contributed by atoms with Crippen LogP contribution in [0.25, 0.3) is 11.3 Å². The number of carbonyl (C=O) groups excluding carboxylic acids is 1. The number of nitro benzene ring substituents is 1. The molecule has 7 heteroatoms. The van der Waals surface area contributed by atoms with Gasteiger partial charge in [-0.15, -0.1) is 11.3 Å². The number of nitrogens with one attached hydrogen (secondary N) is 1. The summed E-state index contributed by atoms with van der Waals surface area (Å²) in [5, 5.41) is 14.1. The Morgan fingerprint density at radius 3 is 2.52 bits per heavy atom. The van der Waals surface area contributed by atoms with Crippen molar-refractivity contribution in [3.63, 3.8) is 0 Å². The summed E-state index contributed by atoms with van der Waals surface area (Å²) >= 11 is 1.39. The number of nitrogens with zero attached hydrogens (tertiary/aromatic N) is 2. The molecule has 0 saturated carbocycles. The third kappa shape index (κ3) is 3.56. The van der Waals surface area contributed by atoms with Crippen molar-refractivity contribution in [2.45, 2.75) is 13.8 Å². The molecule has 0 radical (unpaired) electrons. The van der Waals surface area contributed by atoms with Crippen LogP contribution >= 0.6 is 11.3 Å². The summed E-state index contributed by atoms with van der Waals surface area (Å²) in [5.74, 6) is -0.341. The number of thiazole rings is 1. The third-order valence-electron chi connectivity index (χ3n) is 3.72. The van der Waals surface area contributed by atoms with Gasteiger partial charge in [-0.2, -0.15) is 0 Å². The molecule has 0 aliphatic carbocycles. The second-order valence-corrected chi connectivity index (χ2v) is 6.71. The monoisotopic (exact) mass is 353 g/mol. The molecule has 0 bridgehead atoms. The number of hydrogen-bond donors (Lipinski definition) is 1. The van der Waals surface area contributed by atoms with Gasteiger partial charge < -0.3 is 0 Å². The van der Waals surface area contributed by atoms with Gasteiger partial charge in [0.15, 0.2) is 5.13 Å². The standard InChI is InChI=1S/C18H15N3O3S/c1-11-10-14(8-9-15(11)21(23)24)17(22)20-18-19-16(12(2)25-18)13-6-4-3-5-7-13/h3-10H,1-2H3,(H,19,20,22). The molecule has 3 aromatic rings. The second-order valence-electron chi connectivity index (χ2n) is 5.50. The lowest BCUT2D eigenvalue weighted by Crippen LogP contribution is -2.12. The van der Waals surface area contributed by atoms with Crippen molar-refractivity contribution in [1.29, 1.82) is 0 Å². The van der Waals surface area contributed by atoms with E-state index in [9.17, 15) is 14.9 Å². The zero-order chi connectivity index (χ0) is 18.0. The Morgan fingerprint density at radius 2 is 1.88 bits per heavy atom. The Bertz CT molecular complexity index is 951. The molecule has 0 atom stereocenters. The van der Waals surface area contributed by atoms with Gasteiger partial charge in [0, 0.05) is 27.6 Å². The van der Waals surface area contributed by atoms with E-state index >= 15 is 0 Å². The molecule has 6 nitrogen and oxygen atoms in total. The lowest BCUT2D eigenvalue weighted by atomic mass is 10.1. The van der Waals surface area contributed by atoms with Gasteiger partial charge in [0.05, 0.1) is 10.6 Å². The van der Waals surface area contributed by atoms with E-state index in [0.717, 1.165) is 16.1 Å². The van der Waals surface area contributed by atoms with Crippen LogP contribution in [0.3, 0.4) is 0 Å². The molecule has 0 aliphatic heterocycles. The molecule has 0 saturated heterocycles. The van der Waals surface area contributed by atoms with Crippen LogP contribution in [-0.2, 0) is 0 Å². The van der Waals surface area contributed by atoms with E-state index in [1.165, 1.54) is 29.5 Å². The fourth-order valence-corrected chi connectivity index (χ4v) is 3.32. The maximum atomic E-state index is 12.4. The highest BCUT2D eigenvalue weighted by Gasteiger charge is 2.16. The minimum atomic E-state index is -0.465. The van der Waals surface area contributed by atoms with Crippen LogP contribution in [0.1, 0.15) is 20.8 Å². The van der Waals surface area contributed by atoms with Gasteiger partial charge in [0.1, 0.15) is 0 Å². The fraction of sp³-hybridized carbons (Fsp3) is 0.111. The third-order valence-corrected chi connectivity index (χ3v) is 4.61. The zero-order valence-electron chi connectivity index (χ0n) is 13.6. The Kier molecular flexibility index (Phi) is 4.58. The normalized spacial score (nSPS) is 10.5. The molecule has 25 heavy (non-hydrogen) atoms. The van der Waals surface area contributed by atoms with Crippen molar-refractivity contribution in [3.05, 3.63) is 74.6 Å². The van der Waals surface area contributed by atoms with E-state index < -0.39 is 4.92 Å². The number of anilines is 1. The molecule has 1 amide bonds. The van der Waals surface area contributed by atoms with Crippen molar-refractivity contribution < 1.29 is 9.72 Å². The van der Waals surface area contributed by atoms with E-state index in [4.69, 9.17) is 0 Å². The number of rotatable bonds is 4. The lowest BCUT2D eigenvalue weighted by molar-refractivity contribution is -0.385. The molecule has 1 heterocycles. The molecule has 1 aromatic heterocycles. The van der Waals surface area contributed by atoms with Gasteiger partial charge in [0.2, 0.25) is 0 Å². The van der Waals surface area contributed by atoms with Gasteiger partial charge >= 0.3 is 0 Å². The molecule has 1 N–H and O–H groups in total. The number of benzene rings is 2. The predicted octanol–water partition coefficient (Wildman–Crippen LogP) is 4.59. The summed E-state index contributed by atoms with van der Waals surface area (Å²) in [4.78, 5) is 28.3. The first-order valence-electron chi connectivity index (χ1n) is 7.55. The highest BCUT2D eigenvalue weighted by atomic mass is 32.1. The number of aryl methyl sites for hydroxylation is 2. The largest absolute Gasteiger partial charge is 0.298 e. The van der Waals surface area contributed by atoms with Crippen LogP contribution in [0.2, 0.25) is 0 Å². The van der Waals surface area contributed by atoms with E-state index in [2.05, 4.69) is 10.3 Å². The van der Waals surface area contributed by atoms with Gasteiger partial charge in [-0.25, -0.2) is 4.98 Å². The molecular formula is C18H15N3O3S. The fourth-order valence-electron chi connectivity index (χ4n) is 2.48. The first kappa shape index (κ1) is 16.8. The van der Waals surface area contributed by atoms with Gasteiger partial charge in [-0.05, 0) is 26.0 Å². The average molecular weight is 353 g/mol. The van der Waals surface area contributed by atoms with Crippen molar-refractivity contribution >= 4 is 28.1 Å². The van der Waals surface area contributed by atoms with Gasteiger partial charge in [0.25, 0.3) is 11.6 Å². The molecule has 126 valence electrons. The van der Waals surface area contributed by atoms with Gasteiger partial charge in [-0.1, -0.05) is 30.3 Å². The topological polar surface area (TPSA) is 85.1 Å². The molecule has 0 unspecified atom stereocenters. The lowest BCUT2D eigenvalue weighted by Gasteiger charge is -2.03. The van der Waals surface area contributed by atoms with Crippen molar-refractivity contribution in [1.82, 2.24) is 4.98 Å². The first-order chi connectivity index (χ1) is 12.0. The van der Waals surface area contributed by atoms with E-state index in [-0.39, 0.29) is 11.6 Å². The summed E-state index contributed by atoms with van der Waals surface area (Å²) in [6, 6.07) is 14.0. The number of carbonyl (C=O) groups is 1. The quantitative estimate of drug-likeness (QED) is 0.549. The second kappa shape index (κ2) is 6.82. The molecule has 3 rings (SSSR count). The van der Waals surface area contributed by atoms with E-state index in [1.54, 1.807) is 6.92 Å². The van der Waals surface area contributed by atoms with Crippen molar-refractivity contribution in [2.75, 3.05) is 5.32 Å². The van der Waals surface area contributed by atoms with Gasteiger partial charge in [-0.3, -0.25) is 20.2 Å². The highest BCUT2D eigenvalue weighted by Crippen LogP contribution is 2.30. The molecule has 0 fully saturated rings. The van der Waals surface area contributed by atoms with Crippen LogP contribution in [0.15, 0.2) is 48.5 Å². The Morgan fingerprint density at radius 1 is 1.16 bits per heavy atom. The average Bonchev–Trinajstić information content (AvgIpc) is 2.95. The molecule has 0 aliphatic rings. The molecule has 0 spiro atoms. The molecule has 2 aromatic carbocycles. The highest BCUT2D eigenvalue weighted by molar-refractivity contribution is 7.16. The zero-order valence-corrected chi connectivity index (χ0v) is 14.5. The maximum absolute atomic E-state index is 12.4. The number of hydrogen-bond acceptors (Lipinski definition) is 5. The summed E-state index contributed by atoms with van der Waals surface area (Å²) in [7, 11) is 0. The minimum absolute atomic E-state index is 0.00648. The van der Waals surface area contributed by atoms with Crippen molar-refractivity contribution in [3.8, 4) is 11.3 Å². The van der Waals surface area contributed by atoms with Crippen LogP contribution in [0.5, 0.6) is 0 Å². The Labute approximate surface area is 148 Å². The first-order valence-corrected chi connectivity index (χ1v) is 8.36. The van der Waals surface area contributed by atoms with Crippen LogP contribution in [0, 0.1) is 24.0 Å². The Hall–Kier alpha value is -3.06. The molecular weight excluding hydrogens is 338 g/mol. The van der Waals surface area contributed by atoms with Crippen LogP contribution < -0.4 is 5.32 Å². The minimum Gasteiger partial charge on any atom is -0.298 e. The number of aromatic nitrogens is 1. The summed E-state index contributed by atoms with van der Waals surface area (Å²) < 4.78 is 0. The Balaban J connectivity index is 1.82. The van der Waals surface area contributed by atoms with Crippen molar-refractivity contribution in [2.24, 2.45) is 0 Å². The maximum Gasteiger partial charge on any atom is 0.272 e. The van der Waals surface area contributed by atoms with Crippen LogP contribution in [-0.4, -0.2) is 15.8 Å². The SMILES string of the molecule is Cc1cc(C(=O)Nc2nc(-c3ccccc3)c(C)s2)ccc1[N+](=O)[O-]. The van der Waals surface area contributed by atoms with Crippen LogP contribution in [0.4, 0.5) is 10.8 Å². The number of nitro groups is 1. The summed E-state index contributed by atoms with van der Waals surface area (Å²) in [6.45, 7) is 3.56.